The van der Waals surface area contributed by atoms with E-state index >= 15 is 0 Å². The van der Waals surface area contributed by atoms with Crippen LogP contribution in [-0.4, -0.2) is 75.2 Å². The second-order valence-electron chi connectivity index (χ2n) is 7.21. The van der Waals surface area contributed by atoms with Crippen LogP contribution in [0.2, 0.25) is 0 Å². The molecular weight excluding hydrogens is 424 g/mol. The van der Waals surface area contributed by atoms with Crippen LogP contribution in [0.5, 0.6) is 0 Å². The molecule has 0 spiro atoms. The zero-order valence-corrected chi connectivity index (χ0v) is 18.2. The molecule has 0 aliphatic carbocycles. The molecule has 0 atom stereocenters. The first-order valence-corrected chi connectivity index (χ1v) is 9.44. The number of aliphatic hydroxyl groups is 1. The molecule has 10 nitrogen and oxygen atoms in total. The SMILES string of the molecule is C=CC(=O)OCC(C)(COCC(CO)(COC(=O)C=C)COC(=O)C=C)COC(=O)C=C. The summed E-state index contributed by atoms with van der Waals surface area (Å²) in [5.41, 5.74) is -2.28. The van der Waals surface area contributed by atoms with Crippen LogP contribution in [0, 0.1) is 10.8 Å². The number of rotatable bonds is 17. The summed E-state index contributed by atoms with van der Waals surface area (Å²) in [6.07, 6.45) is 3.85. The molecule has 0 fully saturated rings. The number of ether oxygens (including phenoxy) is 5. The van der Waals surface area contributed by atoms with Gasteiger partial charge in [0, 0.05) is 24.3 Å². The largest absolute Gasteiger partial charge is 0.462 e. The average molecular weight is 454 g/mol. The molecule has 0 saturated heterocycles. The highest BCUT2D eigenvalue weighted by Gasteiger charge is 2.36. The Morgan fingerprint density at radius 3 is 1.31 bits per heavy atom. The van der Waals surface area contributed by atoms with E-state index in [-0.39, 0.29) is 39.6 Å². The minimum atomic E-state index is -1.30. The molecule has 0 rings (SSSR count). The second kappa shape index (κ2) is 14.7. The van der Waals surface area contributed by atoms with Crippen LogP contribution in [0.1, 0.15) is 6.92 Å². The van der Waals surface area contributed by atoms with Crippen molar-refractivity contribution in [2.75, 3.05) is 46.2 Å². The molecule has 0 aromatic heterocycles. The van der Waals surface area contributed by atoms with Crippen LogP contribution >= 0.6 is 0 Å². The summed E-state index contributed by atoms with van der Waals surface area (Å²) >= 11 is 0. The third kappa shape index (κ3) is 11.2. The van der Waals surface area contributed by atoms with Crippen LogP contribution in [-0.2, 0) is 42.9 Å². The molecule has 0 aromatic carbocycles. The van der Waals surface area contributed by atoms with E-state index in [2.05, 4.69) is 26.3 Å². The van der Waals surface area contributed by atoms with E-state index in [1.807, 2.05) is 0 Å². The fourth-order valence-electron chi connectivity index (χ4n) is 2.08. The lowest BCUT2D eigenvalue weighted by Crippen LogP contribution is -2.44. The lowest BCUT2D eigenvalue weighted by atomic mass is 9.91. The van der Waals surface area contributed by atoms with Gasteiger partial charge in [0.05, 0.1) is 30.7 Å². The van der Waals surface area contributed by atoms with Gasteiger partial charge in [0.15, 0.2) is 0 Å². The standard InChI is InChI=1S/C22H30O10/c1-6-17(24)29-12-21(5,13-30-18(25)7-2)11-28-14-22(10-23,15-31-19(26)8-3)16-32-20(27)9-4/h6-9,23H,1-4,10-16H2,5H3. The van der Waals surface area contributed by atoms with Gasteiger partial charge in [-0.3, -0.25) is 0 Å². The van der Waals surface area contributed by atoms with Crippen LogP contribution in [0.25, 0.3) is 0 Å². The first-order valence-electron chi connectivity index (χ1n) is 9.44. The Hall–Kier alpha value is -3.24. The summed E-state index contributed by atoms with van der Waals surface area (Å²) in [7, 11) is 0. The van der Waals surface area contributed by atoms with Crippen LogP contribution in [0.3, 0.4) is 0 Å². The Morgan fingerprint density at radius 1 is 0.656 bits per heavy atom. The molecular formula is C22H30O10. The summed E-state index contributed by atoms with van der Waals surface area (Å²) in [6, 6.07) is 0. The molecule has 32 heavy (non-hydrogen) atoms. The Balaban J connectivity index is 5.33. The van der Waals surface area contributed by atoms with E-state index in [1.165, 1.54) is 0 Å². The van der Waals surface area contributed by atoms with Gasteiger partial charge in [0.2, 0.25) is 0 Å². The highest BCUT2D eigenvalue weighted by molar-refractivity contribution is 5.82. The van der Waals surface area contributed by atoms with Crippen LogP contribution in [0.15, 0.2) is 50.6 Å². The van der Waals surface area contributed by atoms with Gasteiger partial charge < -0.3 is 28.8 Å². The predicted molar refractivity (Wildman–Crippen MR) is 113 cm³/mol. The van der Waals surface area contributed by atoms with Crippen molar-refractivity contribution in [3.63, 3.8) is 0 Å². The number of carbonyl (C=O) groups is 4. The Bertz CT molecular complexity index is 662. The molecule has 0 amide bonds. The number of esters is 4. The number of hydrogen-bond donors (Lipinski definition) is 1. The molecule has 10 heteroatoms. The average Bonchev–Trinajstić information content (AvgIpc) is 2.81. The summed E-state index contributed by atoms with van der Waals surface area (Å²) in [6.45, 7) is 12.9. The first kappa shape index (κ1) is 28.8. The predicted octanol–water partition coefficient (Wildman–Crippen LogP) is 0.905. The minimum Gasteiger partial charge on any atom is -0.462 e. The maximum absolute atomic E-state index is 11.5. The molecule has 0 heterocycles. The van der Waals surface area contributed by atoms with Gasteiger partial charge in [0.25, 0.3) is 0 Å². The molecule has 0 unspecified atom stereocenters. The molecule has 1 N–H and O–H groups in total. The van der Waals surface area contributed by atoms with Crippen molar-refractivity contribution in [1.29, 1.82) is 0 Å². The molecule has 0 aromatic rings. The van der Waals surface area contributed by atoms with E-state index < -0.39 is 41.3 Å². The Labute approximate surface area is 187 Å². The van der Waals surface area contributed by atoms with E-state index in [4.69, 9.17) is 23.7 Å². The van der Waals surface area contributed by atoms with Gasteiger partial charge in [-0.25, -0.2) is 19.2 Å². The lowest BCUT2D eigenvalue weighted by molar-refractivity contribution is -0.159. The molecule has 0 saturated carbocycles. The maximum atomic E-state index is 11.5. The highest BCUT2D eigenvalue weighted by Crippen LogP contribution is 2.24. The normalized spacial score (nSPS) is 10.9. The number of carbonyl (C=O) groups excluding carboxylic acids is 4. The highest BCUT2D eigenvalue weighted by atomic mass is 16.6. The quantitative estimate of drug-likeness (QED) is 0.192. The van der Waals surface area contributed by atoms with Crippen molar-refractivity contribution >= 4 is 23.9 Å². The van der Waals surface area contributed by atoms with Crippen LogP contribution in [0.4, 0.5) is 0 Å². The van der Waals surface area contributed by atoms with Crippen molar-refractivity contribution in [1.82, 2.24) is 0 Å². The van der Waals surface area contributed by atoms with Crippen molar-refractivity contribution in [3.8, 4) is 0 Å². The van der Waals surface area contributed by atoms with E-state index in [1.54, 1.807) is 6.92 Å². The summed E-state index contributed by atoms with van der Waals surface area (Å²) in [4.78, 5) is 45.8. The summed E-state index contributed by atoms with van der Waals surface area (Å²) in [5, 5.41) is 9.92. The third-order valence-electron chi connectivity index (χ3n) is 4.03. The van der Waals surface area contributed by atoms with Gasteiger partial charge in [-0.1, -0.05) is 33.2 Å². The fourth-order valence-corrected chi connectivity index (χ4v) is 2.08. The van der Waals surface area contributed by atoms with Gasteiger partial charge in [-0.05, 0) is 0 Å². The Kier molecular flexibility index (Phi) is 13.2. The molecule has 0 bridgehead atoms. The van der Waals surface area contributed by atoms with Crippen molar-refractivity contribution < 1.29 is 48.0 Å². The van der Waals surface area contributed by atoms with Crippen LogP contribution < -0.4 is 0 Å². The summed E-state index contributed by atoms with van der Waals surface area (Å²) < 4.78 is 25.8. The second-order valence-corrected chi connectivity index (χ2v) is 7.21. The Morgan fingerprint density at radius 2 is 1.00 bits per heavy atom. The van der Waals surface area contributed by atoms with Crippen molar-refractivity contribution in [2.45, 2.75) is 6.92 Å². The zero-order valence-electron chi connectivity index (χ0n) is 18.2. The van der Waals surface area contributed by atoms with Gasteiger partial charge in [0.1, 0.15) is 26.4 Å². The van der Waals surface area contributed by atoms with Crippen molar-refractivity contribution in [2.24, 2.45) is 10.8 Å². The number of aliphatic hydroxyl groups excluding tert-OH is 1. The van der Waals surface area contributed by atoms with E-state index in [9.17, 15) is 24.3 Å². The first-order chi connectivity index (χ1) is 15.1. The van der Waals surface area contributed by atoms with Gasteiger partial charge >= 0.3 is 23.9 Å². The number of hydrogen-bond acceptors (Lipinski definition) is 10. The minimum absolute atomic E-state index is 0.103. The van der Waals surface area contributed by atoms with Gasteiger partial charge in [-0.15, -0.1) is 0 Å². The molecule has 178 valence electrons. The molecule has 0 aliphatic rings. The maximum Gasteiger partial charge on any atom is 0.330 e. The topological polar surface area (TPSA) is 135 Å². The van der Waals surface area contributed by atoms with E-state index in [0.717, 1.165) is 24.3 Å². The third-order valence-corrected chi connectivity index (χ3v) is 4.03. The molecule has 0 aliphatic heterocycles. The monoisotopic (exact) mass is 454 g/mol. The van der Waals surface area contributed by atoms with Gasteiger partial charge in [-0.2, -0.15) is 0 Å². The molecule has 0 radical (unpaired) electrons. The fraction of sp³-hybridized carbons (Fsp3) is 0.455. The lowest BCUT2D eigenvalue weighted by Gasteiger charge is -2.33. The van der Waals surface area contributed by atoms with Crippen molar-refractivity contribution in [3.05, 3.63) is 50.6 Å². The smallest absolute Gasteiger partial charge is 0.330 e. The zero-order chi connectivity index (χ0) is 24.6. The summed E-state index contributed by atoms with van der Waals surface area (Å²) in [5.74, 6) is -2.84. The van der Waals surface area contributed by atoms with E-state index in [0.29, 0.717) is 0 Å².